The first-order valence-electron chi connectivity index (χ1n) is 14.3. The number of carbonyl (C=O) groups excluding carboxylic acids is 1. The van der Waals surface area contributed by atoms with Gasteiger partial charge in [-0.3, -0.25) is 9.79 Å². The number of halogens is 2. The second-order valence-electron chi connectivity index (χ2n) is 10.7. The number of hydrogen-bond donors (Lipinski definition) is 1. The molecule has 1 saturated heterocycles. The number of rotatable bonds is 8. The summed E-state index contributed by atoms with van der Waals surface area (Å²) in [5.41, 5.74) is 5.78. The number of nitrogens with one attached hydrogen (secondary N) is 1. The van der Waals surface area contributed by atoms with Crippen LogP contribution in [0.4, 0.5) is 4.39 Å². The first-order valence-corrected chi connectivity index (χ1v) is 14.7. The van der Waals surface area contributed by atoms with Crippen LogP contribution in [0, 0.1) is 5.82 Å². The number of likely N-dealkylation sites (tertiary alicyclic amines) is 1. The fourth-order valence-electron chi connectivity index (χ4n) is 5.21. The van der Waals surface area contributed by atoms with Crippen molar-refractivity contribution in [1.29, 1.82) is 0 Å². The molecule has 2 aliphatic heterocycles. The third kappa shape index (κ3) is 7.49. The number of amides is 1. The average molecular weight is 562 g/mol. The molecule has 3 aliphatic rings. The molecule has 0 atom stereocenters. The molecule has 0 unspecified atom stereocenters. The zero-order valence-corrected chi connectivity index (χ0v) is 23.9. The van der Waals surface area contributed by atoms with E-state index < -0.39 is 0 Å². The molecule has 0 bridgehead atoms. The molecule has 7 heteroatoms. The molecular weight excluding hydrogens is 525 g/mol. The third-order valence-corrected chi connectivity index (χ3v) is 7.88. The highest BCUT2D eigenvalue weighted by Gasteiger charge is 2.24. The van der Waals surface area contributed by atoms with E-state index >= 15 is 0 Å². The van der Waals surface area contributed by atoms with Crippen LogP contribution in [0.25, 0.3) is 11.1 Å². The molecule has 0 radical (unpaired) electrons. The average Bonchev–Trinajstić information content (AvgIpc) is 3.65. The van der Waals surface area contributed by atoms with Crippen LogP contribution in [-0.2, 0) is 17.6 Å². The van der Waals surface area contributed by atoms with E-state index in [9.17, 15) is 9.18 Å². The Bertz CT molecular complexity index is 1350. The Kier molecular flexibility index (Phi) is 9.50. The number of aliphatic imine (C=N–C) groups is 1. The summed E-state index contributed by atoms with van der Waals surface area (Å²) in [6.07, 6.45) is 8.66. The first-order chi connectivity index (χ1) is 19.5. The van der Waals surface area contributed by atoms with Crippen molar-refractivity contribution in [3.05, 3.63) is 88.2 Å². The largest absolute Gasteiger partial charge is 0.489 e. The molecule has 40 heavy (non-hydrogen) atoms. The van der Waals surface area contributed by atoms with Crippen molar-refractivity contribution in [3.63, 3.8) is 0 Å². The lowest BCUT2D eigenvalue weighted by Crippen LogP contribution is -2.31. The SMILES string of the molecule is CNC(=O)C1=NCCc2cc(-c3ccc(F)cc3)ccc21.Clc1cc(CCCN2CCCC2)ccc1OC1CC1. The van der Waals surface area contributed by atoms with Crippen molar-refractivity contribution >= 4 is 23.2 Å². The Labute approximate surface area is 241 Å². The standard InChI is InChI=1S/C17H15FN2O.C16H22ClNO/c1-19-17(21)16-15-7-4-12(10-13(15)8-9-20-16)11-2-5-14(18)6-3-11;17-15-12-13(4-3-11-18-9-1-2-10-18)5-8-16(15)19-14-6-7-14/h2-7,10H,8-9H2,1H3,(H,19,21);5,8,12,14H,1-4,6-7,9-11H2. The molecule has 1 amide bonds. The number of likely N-dealkylation sites (N-methyl/N-ethyl adjacent to an activating group) is 1. The Morgan fingerprint density at radius 1 is 1.05 bits per heavy atom. The summed E-state index contributed by atoms with van der Waals surface area (Å²) in [5.74, 6) is 0.448. The van der Waals surface area contributed by atoms with E-state index in [1.54, 1.807) is 19.2 Å². The minimum Gasteiger partial charge on any atom is -0.489 e. The summed E-state index contributed by atoms with van der Waals surface area (Å²) >= 11 is 6.27. The molecule has 2 fully saturated rings. The highest BCUT2D eigenvalue weighted by molar-refractivity contribution is 6.45. The maximum absolute atomic E-state index is 13.0. The molecule has 3 aromatic carbocycles. The van der Waals surface area contributed by atoms with E-state index in [4.69, 9.17) is 16.3 Å². The fourth-order valence-corrected chi connectivity index (χ4v) is 5.46. The molecule has 1 aliphatic carbocycles. The summed E-state index contributed by atoms with van der Waals surface area (Å²) in [6.45, 7) is 4.41. The van der Waals surface area contributed by atoms with Crippen molar-refractivity contribution in [2.45, 2.75) is 51.0 Å². The van der Waals surface area contributed by atoms with Gasteiger partial charge >= 0.3 is 0 Å². The number of fused-ring (bicyclic) bond motifs is 1. The van der Waals surface area contributed by atoms with E-state index in [1.807, 2.05) is 18.2 Å². The summed E-state index contributed by atoms with van der Waals surface area (Å²) in [4.78, 5) is 18.7. The van der Waals surface area contributed by atoms with Crippen molar-refractivity contribution in [2.24, 2.45) is 4.99 Å². The van der Waals surface area contributed by atoms with Gasteiger partial charge in [0.15, 0.2) is 0 Å². The number of nitrogens with zero attached hydrogens (tertiary/aromatic N) is 2. The van der Waals surface area contributed by atoms with E-state index in [-0.39, 0.29) is 11.7 Å². The van der Waals surface area contributed by atoms with Crippen LogP contribution in [0.15, 0.2) is 65.7 Å². The summed E-state index contributed by atoms with van der Waals surface area (Å²) < 4.78 is 18.8. The lowest BCUT2D eigenvalue weighted by Gasteiger charge is -2.17. The summed E-state index contributed by atoms with van der Waals surface area (Å²) in [6, 6.07) is 18.6. The smallest absolute Gasteiger partial charge is 0.269 e. The molecule has 5 nitrogen and oxygen atoms in total. The maximum atomic E-state index is 13.0. The van der Waals surface area contributed by atoms with Gasteiger partial charge in [-0.1, -0.05) is 48.0 Å². The normalized spacial score (nSPS) is 16.4. The Hall–Kier alpha value is -3.22. The van der Waals surface area contributed by atoms with Crippen LogP contribution in [0.5, 0.6) is 5.75 Å². The second kappa shape index (κ2) is 13.4. The zero-order valence-electron chi connectivity index (χ0n) is 23.1. The minimum atomic E-state index is -0.245. The molecule has 1 N–H and O–H groups in total. The maximum Gasteiger partial charge on any atom is 0.269 e. The Morgan fingerprint density at radius 2 is 1.80 bits per heavy atom. The van der Waals surface area contributed by atoms with Gasteiger partial charge in [-0.05, 0) is 111 Å². The number of benzene rings is 3. The lowest BCUT2D eigenvalue weighted by atomic mass is 9.93. The van der Waals surface area contributed by atoms with Gasteiger partial charge in [0.05, 0.1) is 11.1 Å². The van der Waals surface area contributed by atoms with Crippen molar-refractivity contribution in [3.8, 4) is 16.9 Å². The Balaban J connectivity index is 0.000000162. The van der Waals surface area contributed by atoms with E-state index in [1.165, 1.54) is 69.4 Å². The van der Waals surface area contributed by atoms with Crippen molar-refractivity contribution < 1.29 is 13.9 Å². The van der Waals surface area contributed by atoms with E-state index in [0.717, 1.165) is 45.9 Å². The van der Waals surface area contributed by atoms with Crippen LogP contribution in [0.3, 0.4) is 0 Å². The van der Waals surface area contributed by atoms with Gasteiger partial charge in [0.1, 0.15) is 17.3 Å². The fraction of sp³-hybridized carbons (Fsp3) is 0.394. The van der Waals surface area contributed by atoms with Crippen LogP contribution in [-0.4, -0.2) is 55.8 Å². The van der Waals surface area contributed by atoms with Crippen LogP contribution in [0.2, 0.25) is 5.02 Å². The van der Waals surface area contributed by atoms with Gasteiger partial charge in [-0.2, -0.15) is 0 Å². The number of carbonyl (C=O) groups is 1. The molecule has 0 spiro atoms. The highest BCUT2D eigenvalue weighted by Crippen LogP contribution is 2.32. The first kappa shape index (κ1) is 28.3. The minimum absolute atomic E-state index is 0.162. The van der Waals surface area contributed by atoms with Crippen molar-refractivity contribution in [1.82, 2.24) is 10.2 Å². The molecule has 2 heterocycles. The predicted molar refractivity (Wildman–Crippen MR) is 160 cm³/mol. The van der Waals surface area contributed by atoms with Gasteiger partial charge < -0.3 is 15.0 Å². The molecule has 6 rings (SSSR count). The van der Waals surface area contributed by atoms with Gasteiger partial charge in [0, 0.05) is 19.2 Å². The highest BCUT2D eigenvalue weighted by atomic mass is 35.5. The van der Waals surface area contributed by atoms with Crippen LogP contribution < -0.4 is 10.1 Å². The number of aryl methyl sites for hydroxylation is 1. The molecule has 210 valence electrons. The van der Waals surface area contributed by atoms with Gasteiger partial charge in [0.25, 0.3) is 5.91 Å². The molecule has 0 aromatic heterocycles. The summed E-state index contributed by atoms with van der Waals surface area (Å²) in [7, 11) is 1.60. The van der Waals surface area contributed by atoms with Gasteiger partial charge in [-0.25, -0.2) is 4.39 Å². The third-order valence-electron chi connectivity index (χ3n) is 7.58. The van der Waals surface area contributed by atoms with E-state index in [0.29, 0.717) is 18.4 Å². The molecule has 3 aromatic rings. The zero-order chi connectivity index (χ0) is 27.9. The van der Waals surface area contributed by atoms with Crippen molar-refractivity contribution in [2.75, 3.05) is 33.2 Å². The lowest BCUT2D eigenvalue weighted by molar-refractivity contribution is -0.114. The predicted octanol–water partition coefficient (Wildman–Crippen LogP) is 6.49. The van der Waals surface area contributed by atoms with Crippen LogP contribution >= 0.6 is 11.6 Å². The molecular formula is C33H37ClFN3O2. The molecule has 1 saturated carbocycles. The number of ether oxygens (including phenoxy) is 1. The second-order valence-corrected chi connectivity index (χ2v) is 11.1. The van der Waals surface area contributed by atoms with E-state index in [2.05, 4.69) is 33.4 Å². The van der Waals surface area contributed by atoms with Crippen LogP contribution in [0.1, 0.15) is 48.8 Å². The van der Waals surface area contributed by atoms with Gasteiger partial charge in [0.2, 0.25) is 0 Å². The quantitative estimate of drug-likeness (QED) is 0.342. The topological polar surface area (TPSA) is 53.9 Å². The Morgan fingerprint density at radius 3 is 2.50 bits per heavy atom. The number of hydrogen-bond acceptors (Lipinski definition) is 4. The van der Waals surface area contributed by atoms with Gasteiger partial charge in [-0.15, -0.1) is 0 Å². The monoisotopic (exact) mass is 561 g/mol. The summed E-state index contributed by atoms with van der Waals surface area (Å²) in [5, 5.41) is 3.39.